The van der Waals surface area contributed by atoms with Gasteiger partial charge in [0.25, 0.3) is 0 Å². The molecule has 2 rings (SSSR count). The van der Waals surface area contributed by atoms with Gasteiger partial charge >= 0.3 is 0 Å². The van der Waals surface area contributed by atoms with E-state index in [1.54, 1.807) is 6.20 Å². The predicted octanol–water partition coefficient (Wildman–Crippen LogP) is 2.47. The van der Waals surface area contributed by atoms with Crippen LogP contribution in [0.25, 0.3) is 0 Å². The van der Waals surface area contributed by atoms with Crippen LogP contribution in [-0.2, 0) is 5.41 Å². The van der Waals surface area contributed by atoms with Crippen molar-refractivity contribution in [1.82, 2.24) is 9.97 Å². The lowest BCUT2D eigenvalue weighted by molar-refractivity contribution is 0.465. The molecule has 1 aromatic heterocycles. The molecule has 2 nitrogen and oxygen atoms in total. The first-order chi connectivity index (χ1) is 6.17. The van der Waals surface area contributed by atoms with Gasteiger partial charge in [0.15, 0.2) is 0 Å². The molecule has 0 unspecified atom stereocenters. The molecule has 1 aliphatic rings. The first-order valence-corrected chi connectivity index (χ1v) is 4.95. The molecular formula is C11H16N2. The van der Waals surface area contributed by atoms with E-state index in [1.807, 2.05) is 6.20 Å². The second kappa shape index (κ2) is 2.79. The largest absolute Gasteiger partial charge is 0.258 e. The normalized spacial score (nSPS) is 19.1. The SMILES string of the molecule is Cc1nccnc1C1(C(C)C)CC1. The van der Waals surface area contributed by atoms with Crippen molar-refractivity contribution < 1.29 is 0 Å². The molecule has 1 fully saturated rings. The maximum Gasteiger partial charge on any atom is 0.0680 e. The molecule has 1 saturated carbocycles. The Morgan fingerprint density at radius 3 is 2.31 bits per heavy atom. The molecule has 0 aliphatic heterocycles. The van der Waals surface area contributed by atoms with Crippen molar-refractivity contribution in [3.8, 4) is 0 Å². The summed E-state index contributed by atoms with van der Waals surface area (Å²) in [5.41, 5.74) is 2.69. The summed E-state index contributed by atoms with van der Waals surface area (Å²) in [5, 5.41) is 0. The van der Waals surface area contributed by atoms with Crippen LogP contribution in [0.1, 0.15) is 38.1 Å². The van der Waals surface area contributed by atoms with Crippen LogP contribution in [-0.4, -0.2) is 9.97 Å². The van der Waals surface area contributed by atoms with E-state index in [4.69, 9.17) is 0 Å². The zero-order valence-electron chi connectivity index (χ0n) is 8.54. The van der Waals surface area contributed by atoms with Crippen molar-refractivity contribution >= 4 is 0 Å². The fourth-order valence-corrected chi connectivity index (χ4v) is 2.12. The van der Waals surface area contributed by atoms with Crippen molar-refractivity contribution in [3.05, 3.63) is 23.8 Å². The van der Waals surface area contributed by atoms with Gasteiger partial charge in [-0.15, -0.1) is 0 Å². The first-order valence-electron chi connectivity index (χ1n) is 4.95. The maximum absolute atomic E-state index is 4.47. The highest BCUT2D eigenvalue weighted by Gasteiger charge is 2.49. The highest BCUT2D eigenvalue weighted by atomic mass is 14.8. The Morgan fingerprint density at radius 1 is 1.23 bits per heavy atom. The van der Waals surface area contributed by atoms with E-state index in [2.05, 4.69) is 30.7 Å². The Morgan fingerprint density at radius 2 is 1.85 bits per heavy atom. The summed E-state index contributed by atoms with van der Waals surface area (Å²) in [6.45, 7) is 6.62. The second-order valence-corrected chi connectivity index (χ2v) is 4.30. The van der Waals surface area contributed by atoms with Crippen molar-refractivity contribution in [2.45, 2.75) is 39.0 Å². The Balaban J connectivity index is 2.41. The molecular weight excluding hydrogens is 160 g/mol. The van der Waals surface area contributed by atoms with Gasteiger partial charge in [0.1, 0.15) is 0 Å². The molecule has 70 valence electrons. The molecule has 1 aromatic rings. The molecule has 2 heteroatoms. The van der Waals surface area contributed by atoms with E-state index in [0.717, 1.165) is 5.69 Å². The van der Waals surface area contributed by atoms with Crippen LogP contribution in [0.4, 0.5) is 0 Å². The molecule has 0 aromatic carbocycles. The van der Waals surface area contributed by atoms with E-state index >= 15 is 0 Å². The van der Waals surface area contributed by atoms with Gasteiger partial charge in [-0.05, 0) is 25.7 Å². The molecule has 1 aliphatic carbocycles. The van der Waals surface area contributed by atoms with Crippen molar-refractivity contribution in [2.75, 3.05) is 0 Å². The first kappa shape index (κ1) is 8.67. The van der Waals surface area contributed by atoms with Gasteiger partial charge in [-0.1, -0.05) is 13.8 Å². The number of aryl methyl sites for hydroxylation is 1. The van der Waals surface area contributed by atoms with E-state index in [9.17, 15) is 0 Å². The number of hydrogen-bond donors (Lipinski definition) is 0. The number of rotatable bonds is 2. The topological polar surface area (TPSA) is 25.8 Å². The number of hydrogen-bond acceptors (Lipinski definition) is 2. The summed E-state index contributed by atoms with van der Waals surface area (Å²) in [4.78, 5) is 8.78. The highest BCUT2D eigenvalue weighted by Crippen LogP contribution is 2.53. The quantitative estimate of drug-likeness (QED) is 0.691. The summed E-state index contributed by atoms with van der Waals surface area (Å²) in [5.74, 6) is 0.683. The van der Waals surface area contributed by atoms with E-state index in [-0.39, 0.29) is 0 Å². The summed E-state index contributed by atoms with van der Waals surface area (Å²) in [6.07, 6.45) is 6.15. The fraction of sp³-hybridized carbons (Fsp3) is 0.636. The third-order valence-corrected chi connectivity index (χ3v) is 3.25. The molecule has 0 radical (unpaired) electrons. The Hall–Kier alpha value is -0.920. The zero-order chi connectivity index (χ0) is 9.47. The third-order valence-electron chi connectivity index (χ3n) is 3.25. The summed E-state index contributed by atoms with van der Waals surface area (Å²) in [7, 11) is 0. The zero-order valence-corrected chi connectivity index (χ0v) is 8.54. The third kappa shape index (κ3) is 1.25. The van der Waals surface area contributed by atoms with Crippen molar-refractivity contribution in [1.29, 1.82) is 0 Å². The Labute approximate surface area is 79.4 Å². The molecule has 0 saturated heterocycles. The lowest BCUT2D eigenvalue weighted by Crippen LogP contribution is -2.18. The minimum atomic E-state index is 0.359. The lowest BCUT2D eigenvalue weighted by atomic mass is 9.88. The van der Waals surface area contributed by atoms with Gasteiger partial charge in [-0.3, -0.25) is 9.97 Å². The minimum absolute atomic E-state index is 0.359. The molecule has 13 heavy (non-hydrogen) atoms. The van der Waals surface area contributed by atoms with Crippen LogP contribution in [0.3, 0.4) is 0 Å². The van der Waals surface area contributed by atoms with E-state index < -0.39 is 0 Å². The fourth-order valence-electron chi connectivity index (χ4n) is 2.12. The lowest BCUT2D eigenvalue weighted by Gasteiger charge is -2.19. The monoisotopic (exact) mass is 176 g/mol. The van der Waals surface area contributed by atoms with Crippen LogP contribution < -0.4 is 0 Å². The van der Waals surface area contributed by atoms with Crippen LogP contribution in [0.5, 0.6) is 0 Å². The summed E-state index contributed by atoms with van der Waals surface area (Å²) in [6, 6.07) is 0. The average Bonchev–Trinajstić information content (AvgIpc) is 2.85. The molecule has 0 atom stereocenters. The van der Waals surface area contributed by atoms with Gasteiger partial charge in [-0.2, -0.15) is 0 Å². The van der Waals surface area contributed by atoms with Gasteiger partial charge in [0.2, 0.25) is 0 Å². The van der Waals surface area contributed by atoms with Gasteiger partial charge < -0.3 is 0 Å². The average molecular weight is 176 g/mol. The standard InChI is InChI=1S/C11H16N2/c1-8(2)11(4-5-11)10-9(3)12-6-7-13-10/h6-8H,4-5H2,1-3H3. The molecule has 0 amide bonds. The van der Waals surface area contributed by atoms with Gasteiger partial charge in [0, 0.05) is 17.8 Å². The number of aromatic nitrogens is 2. The summed E-state index contributed by atoms with van der Waals surface area (Å²) >= 11 is 0. The minimum Gasteiger partial charge on any atom is -0.258 e. The van der Waals surface area contributed by atoms with Crippen molar-refractivity contribution in [2.24, 2.45) is 5.92 Å². The predicted molar refractivity (Wildman–Crippen MR) is 52.5 cm³/mol. The van der Waals surface area contributed by atoms with Crippen LogP contribution in [0.15, 0.2) is 12.4 Å². The number of nitrogens with zero attached hydrogens (tertiary/aromatic N) is 2. The maximum atomic E-state index is 4.47. The molecule has 0 N–H and O–H groups in total. The van der Waals surface area contributed by atoms with Gasteiger partial charge in [0.05, 0.1) is 11.4 Å². The molecule has 0 spiro atoms. The second-order valence-electron chi connectivity index (χ2n) is 4.30. The van der Waals surface area contributed by atoms with E-state index in [0.29, 0.717) is 11.3 Å². The van der Waals surface area contributed by atoms with E-state index in [1.165, 1.54) is 18.5 Å². The smallest absolute Gasteiger partial charge is 0.0680 e. The van der Waals surface area contributed by atoms with Crippen LogP contribution in [0.2, 0.25) is 0 Å². The molecule has 1 heterocycles. The Kier molecular flexibility index (Phi) is 1.86. The highest BCUT2D eigenvalue weighted by molar-refractivity contribution is 5.28. The summed E-state index contributed by atoms with van der Waals surface area (Å²) < 4.78 is 0. The molecule has 0 bridgehead atoms. The van der Waals surface area contributed by atoms with Crippen LogP contribution >= 0.6 is 0 Å². The van der Waals surface area contributed by atoms with Gasteiger partial charge in [-0.25, -0.2) is 0 Å². The Bertz CT molecular complexity index is 314. The van der Waals surface area contributed by atoms with Crippen molar-refractivity contribution in [3.63, 3.8) is 0 Å². The van der Waals surface area contributed by atoms with Crippen LogP contribution in [0, 0.1) is 12.8 Å².